The molecule has 3 heteroatoms. The summed E-state index contributed by atoms with van der Waals surface area (Å²) in [4.78, 5) is 13.6. The molecule has 0 bridgehead atoms. The molecule has 0 fully saturated rings. The minimum Gasteiger partial charge on any atom is -0.342 e. The van der Waals surface area contributed by atoms with Gasteiger partial charge in [-0.3, -0.25) is 4.79 Å². The van der Waals surface area contributed by atoms with Crippen molar-refractivity contribution in [3.8, 4) is 0 Å². The zero-order valence-corrected chi connectivity index (χ0v) is 16.1. The maximum absolute atomic E-state index is 12.5. The highest BCUT2D eigenvalue weighted by atomic mass is 32.2. The number of aryl methyl sites for hydroxylation is 1. The third kappa shape index (κ3) is 3.99. The summed E-state index contributed by atoms with van der Waals surface area (Å²) in [6, 6.07) is 26.6. The van der Waals surface area contributed by atoms with E-state index in [1.165, 1.54) is 22.0 Å². The summed E-state index contributed by atoms with van der Waals surface area (Å²) in [5.74, 6) is 0.610. The number of hydrogen-bond acceptors (Lipinski definition) is 2. The average molecular weight is 372 g/mol. The first kappa shape index (κ1) is 17.6. The van der Waals surface area contributed by atoms with Crippen LogP contribution in [-0.2, 0) is 6.54 Å². The Hall–Kier alpha value is -2.78. The fourth-order valence-electron chi connectivity index (χ4n) is 3.20. The van der Waals surface area contributed by atoms with Gasteiger partial charge in [0.2, 0.25) is 0 Å². The molecule has 27 heavy (non-hydrogen) atoms. The normalized spacial score (nSPS) is 11.0. The van der Waals surface area contributed by atoms with Crippen LogP contribution in [0.25, 0.3) is 10.9 Å². The lowest BCUT2D eigenvalue weighted by molar-refractivity contribution is 0.102. The van der Waals surface area contributed by atoms with Crippen LogP contribution < -0.4 is 0 Å². The number of hydrogen-bond donors (Lipinski definition) is 0. The van der Waals surface area contributed by atoms with Crippen molar-refractivity contribution >= 4 is 28.4 Å². The van der Waals surface area contributed by atoms with Gasteiger partial charge < -0.3 is 4.57 Å². The second-order valence-electron chi connectivity index (χ2n) is 6.70. The average Bonchev–Trinajstić information content (AvgIpc) is 3.06. The van der Waals surface area contributed by atoms with Gasteiger partial charge in [0.25, 0.3) is 0 Å². The molecule has 0 radical (unpaired) electrons. The van der Waals surface area contributed by atoms with E-state index in [0.717, 1.165) is 17.0 Å². The molecule has 1 heterocycles. The van der Waals surface area contributed by atoms with Crippen LogP contribution in [0, 0.1) is 6.92 Å². The Balaban J connectivity index is 1.58. The SMILES string of the molecule is Cc1ccc(Cn2cc(SCC(=O)c3ccccc3)c3ccccc32)cc1. The van der Waals surface area contributed by atoms with Gasteiger partial charge in [-0.1, -0.05) is 78.4 Å². The molecule has 0 unspecified atom stereocenters. The molecule has 4 aromatic rings. The van der Waals surface area contributed by atoms with Crippen molar-refractivity contribution in [2.75, 3.05) is 5.75 Å². The summed E-state index contributed by atoms with van der Waals surface area (Å²) in [6.07, 6.45) is 2.17. The minimum atomic E-state index is 0.163. The lowest BCUT2D eigenvalue weighted by Gasteiger charge is -2.06. The number of benzene rings is 3. The zero-order chi connectivity index (χ0) is 18.6. The van der Waals surface area contributed by atoms with Crippen molar-refractivity contribution in [2.45, 2.75) is 18.4 Å². The molecule has 1 aromatic heterocycles. The predicted molar refractivity (Wildman–Crippen MR) is 114 cm³/mol. The molecule has 0 N–H and O–H groups in total. The fourth-order valence-corrected chi connectivity index (χ4v) is 4.18. The van der Waals surface area contributed by atoms with Gasteiger partial charge in [-0.2, -0.15) is 0 Å². The molecule has 3 aromatic carbocycles. The molecule has 0 amide bonds. The number of fused-ring (bicyclic) bond motifs is 1. The first-order valence-electron chi connectivity index (χ1n) is 9.05. The number of nitrogens with zero attached hydrogens (tertiary/aromatic N) is 1. The summed E-state index contributed by atoms with van der Waals surface area (Å²) in [5, 5.41) is 1.20. The molecule has 2 nitrogen and oxygen atoms in total. The van der Waals surface area contributed by atoms with Crippen LogP contribution in [0.4, 0.5) is 0 Å². The van der Waals surface area contributed by atoms with Gasteiger partial charge >= 0.3 is 0 Å². The van der Waals surface area contributed by atoms with Crippen molar-refractivity contribution in [1.29, 1.82) is 0 Å². The second-order valence-corrected chi connectivity index (χ2v) is 7.72. The number of carbonyl (C=O) groups is 1. The number of para-hydroxylation sites is 1. The molecule has 0 saturated heterocycles. The van der Waals surface area contributed by atoms with E-state index in [2.05, 4.69) is 66.2 Å². The Kier molecular flexibility index (Phi) is 5.12. The number of Topliss-reactive ketones (excluding diaryl/α,β-unsaturated/α-hetero) is 1. The van der Waals surface area contributed by atoms with Crippen molar-refractivity contribution in [1.82, 2.24) is 4.57 Å². The summed E-state index contributed by atoms with van der Waals surface area (Å²) >= 11 is 1.62. The van der Waals surface area contributed by atoms with E-state index in [4.69, 9.17) is 0 Å². The van der Waals surface area contributed by atoms with E-state index in [1.54, 1.807) is 11.8 Å². The molecule has 0 aliphatic rings. The highest BCUT2D eigenvalue weighted by molar-refractivity contribution is 8.00. The number of rotatable bonds is 6. The summed E-state index contributed by atoms with van der Waals surface area (Å²) < 4.78 is 2.27. The van der Waals surface area contributed by atoms with E-state index in [9.17, 15) is 4.79 Å². The van der Waals surface area contributed by atoms with Crippen LogP contribution in [0.1, 0.15) is 21.5 Å². The fraction of sp³-hybridized carbons (Fsp3) is 0.125. The Labute approximate surface area is 163 Å². The molecule has 0 aliphatic carbocycles. The number of ketones is 1. The van der Waals surface area contributed by atoms with Gasteiger partial charge in [0.15, 0.2) is 5.78 Å². The van der Waals surface area contributed by atoms with E-state index in [1.807, 2.05) is 30.3 Å². The van der Waals surface area contributed by atoms with Gasteiger partial charge in [-0.15, -0.1) is 11.8 Å². The first-order valence-corrected chi connectivity index (χ1v) is 10.0. The Morgan fingerprint density at radius 2 is 1.59 bits per heavy atom. The van der Waals surface area contributed by atoms with E-state index >= 15 is 0 Å². The van der Waals surface area contributed by atoms with Crippen LogP contribution in [0.15, 0.2) is 90.0 Å². The molecule has 0 atom stereocenters. The molecule has 0 saturated carbocycles. The maximum Gasteiger partial charge on any atom is 0.173 e. The summed E-state index contributed by atoms with van der Waals surface area (Å²) in [6.45, 7) is 2.93. The van der Waals surface area contributed by atoms with Crippen molar-refractivity contribution in [3.63, 3.8) is 0 Å². The summed E-state index contributed by atoms with van der Waals surface area (Å²) in [7, 11) is 0. The summed E-state index contributed by atoms with van der Waals surface area (Å²) in [5.41, 5.74) is 4.52. The van der Waals surface area contributed by atoms with Crippen molar-refractivity contribution < 1.29 is 4.79 Å². The van der Waals surface area contributed by atoms with Crippen LogP contribution >= 0.6 is 11.8 Å². The third-order valence-electron chi connectivity index (χ3n) is 4.68. The van der Waals surface area contributed by atoms with E-state index in [-0.39, 0.29) is 5.78 Å². The third-order valence-corrected chi connectivity index (χ3v) is 5.72. The largest absolute Gasteiger partial charge is 0.342 e. The number of aromatic nitrogens is 1. The number of carbonyl (C=O) groups excluding carboxylic acids is 1. The first-order chi connectivity index (χ1) is 13.2. The Morgan fingerprint density at radius 3 is 2.37 bits per heavy atom. The van der Waals surface area contributed by atoms with Gasteiger partial charge in [-0.05, 0) is 18.6 Å². The second kappa shape index (κ2) is 7.85. The monoisotopic (exact) mass is 371 g/mol. The predicted octanol–water partition coefficient (Wildman–Crippen LogP) is 5.97. The van der Waals surface area contributed by atoms with E-state index < -0.39 is 0 Å². The van der Waals surface area contributed by atoms with Gasteiger partial charge in [0.05, 0.1) is 5.75 Å². The van der Waals surface area contributed by atoms with Crippen LogP contribution in [0.5, 0.6) is 0 Å². The topological polar surface area (TPSA) is 22.0 Å². The van der Waals surface area contributed by atoms with Crippen LogP contribution in [0.2, 0.25) is 0 Å². The van der Waals surface area contributed by atoms with Crippen LogP contribution in [0.3, 0.4) is 0 Å². The quantitative estimate of drug-likeness (QED) is 0.307. The molecule has 0 spiro atoms. The Morgan fingerprint density at radius 1 is 0.889 bits per heavy atom. The molecule has 134 valence electrons. The molecular formula is C24H21NOS. The standard InChI is InChI=1S/C24H21NOS/c1-18-11-13-19(14-12-18)15-25-16-24(21-9-5-6-10-22(21)25)27-17-23(26)20-7-3-2-4-8-20/h2-14,16H,15,17H2,1H3. The zero-order valence-electron chi connectivity index (χ0n) is 15.3. The van der Waals surface area contributed by atoms with E-state index in [0.29, 0.717) is 5.75 Å². The molecule has 4 rings (SSSR count). The highest BCUT2D eigenvalue weighted by Gasteiger charge is 2.12. The highest BCUT2D eigenvalue weighted by Crippen LogP contribution is 2.31. The van der Waals surface area contributed by atoms with Gasteiger partial charge in [0.1, 0.15) is 0 Å². The van der Waals surface area contributed by atoms with Gasteiger partial charge in [-0.25, -0.2) is 0 Å². The smallest absolute Gasteiger partial charge is 0.173 e. The van der Waals surface area contributed by atoms with Gasteiger partial charge in [0, 0.05) is 34.1 Å². The maximum atomic E-state index is 12.5. The van der Waals surface area contributed by atoms with Crippen LogP contribution in [-0.4, -0.2) is 16.1 Å². The molecular weight excluding hydrogens is 350 g/mol. The van der Waals surface area contributed by atoms with Crippen molar-refractivity contribution in [3.05, 3.63) is 102 Å². The molecule has 0 aliphatic heterocycles. The number of thioether (sulfide) groups is 1. The van der Waals surface area contributed by atoms with Crippen molar-refractivity contribution in [2.24, 2.45) is 0 Å². The lowest BCUT2D eigenvalue weighted by Crippen LogP contribution is -2.01. The minimum absolute atomic E-state index is 0.163. The lowest BCUT2D eigenvalue weighted by atomic mass is 10.1. The Bertz CT molecular complexity index is 1060.